The van der Waals surface area contributed by atoms with Crippen LogP contribution in [0.1, 0.15) is 12.7 Å². The van der Waals surface area contributed by atoms with Crippen molar-refractivity contribution in [1.82, 2.24) is 14.8 Å². The maximum atomic E-state index is 4.23. The molecule has 0 aliphatic heterocycles. The SMILES string of the molecule is CCn1ncnc1CNc1cccc(SC)c1. The second-order valence-corrected chi connectivity index (χ2v) is 4.46. The van der Waals surface area contributed by atoms with Crippen LogP contribution >= 0.6 is 11.8 Å². The molecule has 1 N–H and O–H groups in total. The lowest BCUT2D eigenvalue weighted by Crippen LogP contribution is -2.08. The van der Waals surface area contributed by atoms with Crippen molar-refractivity contribution in [2.24, 2.45) is 0 Å². The van der Waals surface area contributed by atoms with Crippen molar-refractivity contribution < 1.29 is 0 Å². The van der Waals surface area contributed by atoms with E-state index in [2.05, 4.69) is 52.8 Å². The first kappa shape index (κ1) is 12.0. The number of anilines is 1. The smallest absolute Gasteiger partial charge is 0.146 e. The maximum absolute atomic E-state index is 4.23. The minimum Gasteiger partial charge on any atom is -0.378 e. The molecule has 17 heavy (non-hydrogen) atoms. The lowest BCUT2D eigenvalue weighted by Gasteiger charge is -2.07. The molecular formula is C12H16N4S. The van der Waals surface area contributed by atoms with E-state index in [1.165, 1.54) is 4.90 Å². The minimum absolute atomic E-state index is 0.700. The second kappa shape index (κ2) is 5.72. The quantitative estimate of drug-likeness (QED) is 0.826. The summed E-state index contributed by atoms with van der Waals surface area (Å²) in [6.45, 7) is 3.61. The fraction of sp³-hybridized carbons (Fsp3) is 0.333. The van der Waals surface area contributed by atoms with E-state index < -0.39 is 0 Å². The molecule has 0 aliphatic carbocycles. The van der Waals surface area contributed by atoms with Crippen LogP contribution in [0.5, 0.6) is 0 Å². The number of aromatic nitrogens is 3. The molecule has 1 heterocycles. The molecular weight excluding hydrogens is 232 g/mol. The van der Waals surface area contributed by atoms with Crippen LogP contribution in [0.3, 0.4) is 0 Å². The first-order chi connectivity index (χ1) is 8.33. The molecule has 0 bridgehead atoms. The van der Waals surface area contributed by atoms with Gasteiger partial charge in [-0.15, -0.1) is 11.8 Å². The highest BCUT2D eigenvalue weighted by Gasteiger charge is 2.02. The van der Waals surface area contributed by atoms with E-state index in [0.717, 1.165) is 18.1 Å². The van der Waals surface area contributed by atoms with Gasteiger partial charge < -0.3 is 5.32 Å². The molecule has 1 aromatic heterocycles. The Morgan fingerprint density at radius 2 is 2.29 bits per heavy atom. The third-order valence-corrected chi connectivity index (χ3v) is 3.24. The Morgan fingerprint density at radius 3 is 3.06 bits per heavy atom. The third kappa shape index (κ3) is 3.00. The van der Waals surface area contributed by atoms with E-state index in [9.17, 15) is 0 Å². The summed E-state index contributed by atoms with van der Waals surface area (Å²) in [5.74, 6) is 0.960. The van der Waals surface area contributed by atoms with Crippen LogP contribution in [0.4, 0.5) is 5.69 Å². The topological polar surface area (TPSA) is 42.7 Å². The molecule has 0 spiro atoms. The highest BCUT2D eigenvalue weighted by molar-refractivity contribution is 7.98. The summed E-state index contributed by atoms with van der Waals surface area (Å²) in [7, 11) is 0. The molecule has 0 radical (unpaired) electrons. The first-order valence-electron chi connectivity index (χ1n) is 5.58. The van der Waals surface area contributed by atoms with Crippen molar-refractivity contribution in [3.8, 4) is 0 Å². The lowest BCUT2D eigenvalue weighted by molar-refractivity contribution is 0.622. The number of nitrogens with zero attached hydrogens (tertiary/aromatic N) is 3. The van der Waals surface area contributed by atoms with Crippen LogP contribution in [0.15, 0.2) is 35.5 Å². The number of aryl methyl sites for hydroxylation is 1. The van der Waals surface area contributed by atoms with E-state index in [1.807, 2.05) is 4.68 Å². The number of hydrogen-bond acceptors (Lipinski definition) is 4. The number of hydrogen-bond donors (Lipinski definition) is 1. The van der Waals surface area contributed by atoms with E-state index in [4.69, 9.17) is 0 Å². The summed E-state index contributed by atoms with van der Waals surface area (Å²) in [4.78, 5) is 5.49. The van der Waals surface area contributed by atoms with Crippen LogP contribution in [0.2, 0.25) is 0 Å². The van der Waals surface area contributed by atoms with Gasteiger partial charge >= 0.3 is 0 Å². The van der Waals surface area contributed by atoms with Gasteiger partial charge in [-0.05, 0) is 31.4 Å². The second-order valence-electron chi connectivity index (χ2n) is 3.58. The van der Waals surface area contributed by atoms with Gasteiger partial charge in [0.2, 0.25) is 0 Å². The van der Waals surface area contributed by atoms with Crippen molar-refractivity contribution in [3.63, 3.8) is 0 Å². The van der Waals surface area contributed by atoms with Crippen LogP contribution in [-0.4, -0.2) is 21.0 Å². The van der Waals surface area contributed by atoms with E-state index in [-0.39, 0.29) is 0 Å². The van der Waals surface area contributed by atoms with Crippen LogP contribution in [0.25, 0.3) is 0 Å². The Hall–Kier alpha value is -1.49. The van der Waals surface area contributed by atoms with Crippen LogP contribution < -0.4 is 5.32 Å². The lowest BCUT2D eigenvalue weighted by atomic mass is 10.3. The van der Waals surface area contributed by atoms with Crippen LogP contribution in [-0.2, 0) is 13.1 Å². The molecule has 0 saturated carbocycles. The van der Waals surface area contributed by atoms with Crippen molar-refractivity contribution in [3.05, 3.63) is 36.4 Å². The third-order valence-electron chi connectivity index (χ3n) is 2.52. The first-order valence-corrected chi connectivity index (χ1v) is 6.80. The molecule has 2 aromatic rings. The predicted molar refractivity (Wildman–Crippen MR) is 71.2 cm³/mol. The van der Waals surface area contributed by atoms with Gasteiger partial charge in [0.15, 0.2) is 0 Å². The molecule has 0 saturated heterocycles. The number of rotatable bonds is 5. The Balaban J connectivity index is 2.02. The van der Waals surface area contributed by atoms with Gasteiger partial charge in [0.05, 0.1) is 6.54 Å². The monoisotopic (exact) mass is 248 g/mol. The molecule has 0 aliphatic rings. The maximum Gasteiger partial charge on any atom is 0.146 e. The van der Waals surface area contributed by atoms with Crippen molar-refractivity contribution in [1.29, 1.82) is 0 Å². The molecule has 0 atom stereocenters. The average molecular weight is 248 g/mol. The minimum atomic E-state index is 0.700. The highest BCUT2D eigenvalue weighted by Crippen LogP contribution is 2.19. The predicted octanol–water partition coefficient (Wildman–Crippen LogP) is 2.63. The van der Waals surface area contributed by atoms with E-state index in [1.54, 1.807) is 18.1 Å². The van der Waals surface area contributed by atoms with Crippen molar-refractivity contribution in [2.75, 3.05) is 11.6 Å². The Labute approximate surface area is 105 Å². The summed E-state index contributed by atoms with van der Waals surface area (Å²) in [5, 5.41) is 7.50. The fourth-order valence-corrected chi connectivity index (χ4v) is 2.06. The Kier molecular flexibility index (Phi) is 4.03. The summed E-state index contributed by atoms with van der Waals surface area (Å²) >= 11 is 1.74. The normalized spacial score (nSPS) is 10.5. The Morgan fingerprint density at radius 1 is 1.41 bits per heavy atom. The molecule has 0 unspecified atom stereocenters. The standard InChI is InChI=1S/C12H16N4S/c1-3-16-12(14-9-15-16)8-13-10-5-4-6-11(7-10)17-2/h4-7,9,13H,3,8H2,1-2H3. The zero-order chi connectivity index (χ0) is 12.1. The van der Waals surface area contributed by atoms with Gasteiger partial charge in [0.1, 0.15) is 12.2 Å². The van der Waals surface area contributed by atoms with Crippen molar-refractivity contribution >= 4 is 17.4 Å². The largest absolute Gasteiger partial charge is 0.378 e. The molecule has 5 heteroatoms. The molecule has 90 valence electrons. The van der Waals surface area contributed by atoms with Gasteiger partial charge in [-0.2, -0.15) is 5.10 Å². The van der Waals surface area contributed by atoms with E-state index >= 15 is 0 Å². The van der Waals surface area contributed by atoms with Gasteiger partial charge in [0.25, 0.3) is 0 Å². The van der Waals surface area contributed by atoms with Gasteiger partial charge in [-0.1, -0.05) is 6.07 Å². The van der Waals surface area contributed by atoms with E-state index in [0.29, 0.717) is 6.54 Å². The molecule has 4 nitrogen and oxygen atoms in total. The van der Waals surface area contributed by atoms with Crippen LogP contribution in [0, 0.1) is 0 Å². The number of nitrogens with one attached hydrogen (secondary N) is 1. The number of benzene rings is 1. The number of thioether (sulfide) groups is 1. The van der Waals surface area contributed by atoms with Gasteiger partial charge in [0, 0.05) is 17.1 Å². The Bertz CT molecular complexity index is 481. The summed E-state index contributed by atoms with van der Waals surface area (Å²) < 4.78 is 1.89. The van der Waals surface area contributed by atoms with Gasteiger partial charge in [-0.3, -0.25) is 0 Å². The summed E-state index contributed by atoms with van der Waals surface area (Å²) in [6.07, 6.45) is 3.67. The molecule has 0 amide bonds. The zero-order valence-electron chi connectivity index (χ0n) is 10.1. The molecule has 0 fully saturated rings. The zero-order valence-corrected chi connectivity index (χ0v) is 10.9. The van der Waals surface area contributed by atoms with Gasteiger partial charge in [-0.25, -0.2) is 9.67 Å². The summed E-state index contributed by atoms with van der Waals surface area (Å²) in [5.41, 5.74) is 1.11. The average Bonchev–Trinajstić information content (AvgIpc) is 2.84. The van der Waals surface area contributed by atoms with Crippen molar-refractivity contribution in [2.45, 2.75) is 24.9 Å². The molecule has 2 rings (SSSR count). The molecule has 1 aromatic carbocycles. The summed E-state index contributed by atoms with van der Waals surface area (Å²) in [6, 6.07) is 8.35. The fourth-order valence-electron chi connectivity index (χ4n) is 1.60. The highest BCUT2D eigenvalue weighted by atomic mass is 32.2.